The molecule has 27 heavy (non-hydrogen) atoms. The van der Waals surface area contributed by atoms with Crippen molar-refractivity contribution in [1.82, 2.24) is 20.9 Å². The van der Waals surface area contributed by atoms with Crippen molar-refractivity contribution in [3.63, 3.8) is 0 Å². The van der Waals surface area contributed by atoms with E-state index in [0.29, 0.717) is 18.7 Å². The standard InChI is InChI=1S/C18H25F3N4O2/c1-4-25(5-2)17-23-14(10-15(26)24-17)16(27)22-11(3)12-6-8-13(9-7-12)18(19,20)21/h6-9,11,14,17,23H,4-5,10H2,1-3H3,(H,22,27)(H,24,26)/t11-,14?,17?/m1/s1. The molecule has 0 saturated carbocycles. The lowest BCUT2D eigenvalue weighted by atomic mass is 10.0. The summed E-state index contributed by atoms with van der Waals surface area (Å²) < 4.78 is 38.0. The zero-order valence-corrected chi connectivity index (χ0v) is 15.6. The van der Waals surface area contributed by atoms with Gasteiger partial charge in [-0.15, -0.1) is 0 Å². The molecule has 1 aromatic rings. The minimum absolute atomic E-state index is 0.00331. The zero-order valence-electron chi connectivity index (χ0n) is 15.6. The van der Waals surface area contributed by atoms with Gasteiger partial charge in [-0.05, 0) is 37.7 Å². The molecular formula is C18H25F3N4O2. The first-order valence-electron chi connectivity index (χ1n) is 8.92. The topological polar surface area (TPSA) is 73.5 Å². The van der Waals surface area contributed by atoms with E-state index in [2.05, 4.69) is 16.0 Å². The minimum atomic E-state index is -4.40. The van der Waals surface area contributed by atoms with Crippen molar-refractivity contribution in [2.24, 2.45) is 0 Å². The largest absolute Gasteiger partial charge is 0.416 e. The van der Waals surface area contributed by atoms with Gasteiger partial charge in [0.15, 0.2) is 0 Å². The molecular weight excluding hydrogens is 361 g/mol. The number of benzene rings is 1. The molecule has 3 N–H and O–H groups in total. The maximum absolute atomic E-state index is 12.7. The monoisotopic (exact) mass is 386 g/mol. The first kappa shape index (κ1) is 21.2. The van der Waals surface area contributed by atoms with E-state index in [4.69, 9.17) is 0 Å². The Balaban J connectivity index is 2.01. The molecule has 1 fully saturated rings. The number of nitrogens with zero attached hydrogens (tertiary/aromatic N) is 1. The van der Waals surface area contributed by atoms with E-state index in [9.17, 15) is 22.8 Å². The number of hydrogen-bond acceptors (Lipinski definition) is 4. The Morgan fingerprint density at radius 2 is 1.85 bits per heavy atom. The molecule has 0 spiro atoms. The summed E-state index contributed by atoms with van der Waals surface area (Å²) in [4.78, 5) is 26.5. The Hall–Kier alpha value is -2.13. The summed E-state index contributed by atoms with van der Waals surface area (Å²) in [5.74, 6) is -0.595. The molecule has 150 valence electrons. The van der Waals surface area contributed by atoms with Crippen LogP contribution >= 0.6 is 0 Å². The second kappa shape index (κ2) is 8.71. The minimum Gasteiger partial charge on any atom is -0.348 e. The maximum atomic E-state index is 12.7. The summed E-state index contributed by atoms with van der Waals surface area (Å²) in [7, 11) is 0. The molecule has 1 saturated heterocycles. The van der Waals surface area contributed by atoms with Crippen LogP contribution in [0.15, 0.2) is 24.3 Å². The number of halogens is 3. The van der Waals surface area contributed by atoms with Gasteiger partial charge in [0.25, 0.3) is 0 Å². The number of hydrogen-bond donors (Lipinski definition) is 3. The molecule has 0 bridgehead atoms. The Morgan fingerprint density at radius 1 is 1.26 bits per heavy atom. The van der Waals surface area contributed by atoms with Crippen LogP contribution in [0, 0.1) is 0 Å². The molecule has 1 heterocycles. The summed E-state index contributed by atoms with van der Waals surface area (Å²) in [6, 6.07) is 3.46. The number of rotatable bonds is 6. The van der Waals surface area contributed by atoms with E-state index < -0.39 is 30.1 Å². The Kier molecular flexibility index (Phi) is 6.83. The second-order valence-electron chi connectivity index (χ2n) is 6.46. The van der Waals surface area contributed by atoms with E-state index in [1.165, 1.54) is 12.1 Å². The Bertz CT molecular complexity index is 660. The number of amides is 2. The summed E-state index contributed by atoms with van der Waals surface area (Å²) in [5.41, 5.74) is -0.186. The maximum Gasteiger partial charge on any atom is 0.416 e. The lowest BCUT2D eigenvalue weighted by Gasteiger charge is -2.37. The molecule has 0 radical (unpaired) electrons. The van der Waals surface area contributed by atoms with Gasteiger partial charge < -0.3 is 10.6 Å². The second-order valence-corrected chi connectivity index (χ2v) is 6.46. The lowest BCUT2D eigenvalue weighted by molar-refractivity contribution is -0.137. The third-order valence-corrected chi connectivity index (χ3v) is 4.64. The number of alkyl halides is 3. The molecule has 9 heteroatoms. The molecule has 2 amide bonds. The van der Waals surface area contributed by atoms with Crippen molar-refractivity contribution in [3.8, 4) is 0 Å². The van der Waals surface area contributed by atoms with Crippen LogP contribution in [0.3, 0.4) is 0 Å². The highest BCUT2D eigenvalue weighted by Crippen LogP contribution is 2.29. The normalized spacial score (nSPS) is 21.7. The molecule has 0 aromatic heterocycles. The van der Waals surface area contributed by atoms with Crippen LogP contribution in [0.2, 0.25) is 0 Å². The molecule has 2 unspecified atom stereocenters. The van der Waals surface area contributed by atoms with Crippen LogP contribution in [0.5, 0.6) is 0 Å². The summed E-state index contributed by atoms with van der Waals surface area (Å²) in [5, 5.41) is 8.66. The van der Waals surface area contributed by atoms with Gasteiger partial charge in [-0.3, -0.25) is 19.8 Å². The van der Waals surface area contributed by atoms with Crippen molar-refractivity contribution in [1.29, 1.82) is 0 Å². The van der Waals surface area contributed by atoms with Crippen molar-refractivity contribution < 1.29 is 22.8 Å². The first-order valence-corrected chi connectivity index (χ1v) is 8.92. The summed E-state index contributed by atoms with van der Waals surface area (Å²) in [6.07, 6.45) is -4.83. The van der Waals surface area contributed by atoms with Gasteiger partial charge in [0.1, 0.15) is 6.29 Å². The van der Waals surface area contributed by atoms with Gasteiger partial charge in [0.05, 0.1) is 24.1 Å². The lowest BCUT2D eigenvalue weighted by Crippen LogP contribution is -2.66. The molecule has 1 aliphatic heterocycles. The molecule has 1 aromatic carbocycles. The highest BCUT2D eigenvalue weighted by molar-refractivity contribution is 5.89. The predicted molar refractivity (Wildman–Crippen MR) is 94.4 cm³/mol. The first-order chi connectivity index (χ1) is 12.7. The SMILES string of the molecule is CCN(CC)C1NC(=O)CC(C(=O)N[C@H](C)c2ccc(C(F)(F)F)cc2)N1. The van der Waals surface area contributed by atoms with Gasteiger partial charge >= 0.3 is 6.18 Å². The molecule has 1 aliphatic rings. The van der Waals surface area contributed by atoms with Crippen LogP contribution < -0.4 is 16.0 Å². The van der Waals surface area contributed by atoms with E-state index in [1.54, 1.807) is 6.92 Å². The summed E-state index contributed by atoms with van der Waals surface area (Å²) in [6.45, 7) is 6.99. The van der Waals surface area contributed by atoms with Crippen molar-refractivity contribution in [3.05, 3.63) is 35.4 Å². The molecule has 2 rings (SSSR count). The third-order valence-electron chi connectivity index (χ3n) is 4.64. The predicted octanol–water partition coefficient (Wildman–Crippen LogP) is 1.99. The Labute approximate surface area is 156 Å². The van der Waals surface area contributed by atoms with Gasteiger partial charge in [-0.1, -0.05) is 26.0 Å². The highest BCUT2D eigenvalue weighted by Gasteiger charge is 2.33. The summed E-state index contributed by atoms with van der Waals surface area (Å²) >= 11 is 0. The van der Waals surface area contributed by atoms with Crippen molar-refractivity contribution in [2.45, 2.75) is 51.7 Å². The van der Waals surface area contributed by atoms with Gasteiger partial charge in [-0.25, -0.2) is 0 Å². The number of carbonyl (C=O) groups excluding carboxylic acids is 2. The van der Waals surface area contributed by atoms with Gasteiger partial charge in [0.2, 0.25) is 11.8 Å². The fourth-order valence-electron chi connectivity index (χ4n) is 3.00. The van der Waals surface area contributed by atoms with Gasteiger partial charge in [0, 0.05) is 0 Å². The average Bonchev–Trinajstić information content (AvgIpc) is 2.61. The Morgan fingerprint density at radius 3 is 2.37 bits per heavy atom. The fourth-order valence-corrected chi connectivity index (χ4v) is 3.00. The van der Waals surface area contributed by atoms with Crippen LogP contribution in [0.4, 0.5) is 13.2 Å². The quantitative estimate of drug-likeness (QED) is 0.699. The fraction of sp³-hybridized carbons (Fsp3) is 0.556. The molecule has 3 atom stereocenters. The highest BCUT2D eigenvalue weighted by atomic mass is 19.4. The van der Waals surface area contributed by atoms with E-state index in [0.717, 1.165) is 12.1 Å². The van der Waals surface area contributed by atoms with E-state index >= 15 is 0 Å². The number of nitrogens with one attached hydrogen (secondary N) is 3. The average molecular weight is 386 g/mol. The van der Waals surface area contributed by atoms with Crippen LogP contribution in [-0.4, -0.2) is 42.1 Å². The molecule has 6 nitrogen and oxygen atoms in total. The molecule has 0 aliphatic carbocycles. The van der Waals surface area contributed by atoms with Crippen molar-refractivity contribution in [2.75, 3.05) is 13.1 Å². The number of carbonyl (C=O) groups is 2. The van der Waals surface area contributed by atoms with E-state index in [-0.39, 0.29) is 18.2 Å². The van der Waals surface area contributed by atoms with Crippen LogP contribution in [-0.2, 0) is 15.8 Å². The van der Waals surface area contributed by atoms with Crippen molar-refractivity contribution >= 4 is 11.8 Å². The van der Waals surface area contributed by atoms with Crippen LogP contribution in [0.25, 0.3) is 0 Å². The van der Waals surface area contributed by atoms with Gasteiger partial charge in [-0.2, -0.15) is 13.2 Å². The zero-order chi connectivity index (χ0) is 20.2. The third kappa shape index (κ3) is 5.43. The smallest absolute Gasteiger partial charge is 0.348 e. The van der Waals surface area contributed by atoms with E-state index in [1.807, 2.05) is 18.7 Å². The van der Waals surface area contributed by atoms with Crippen LogP contribution in [0.1, 0.15) is 44.4 Å².